The molecule has 4 nitrogen and oxygen atoms in total. The lowest BCUT2D eigenvalue weighted by Crippen LogP contribution is -1.88. The third-order valence-corrected chi connectivity index (χ3v) is 2.80. The van der Waals surface area contributed by atoms with Crippen LogP contribution >= 0.6 is 0 Å². The monoisotopic (exact) mass is 278 g/mol. The highest BCUT2D eigenvalue weighted by Gasteiger charge is 2.01. The van der Waals surface area contributed by atoms with Crippen LogP contribution in [0.3, 0.4) is 0 Å². The fourth-order valence-corrected chi connectivity index (χ4v) is 1.66. The van der Waals surface area contributed by atoms with E-state index in [1.165, 1.54) is 17.7 Å². The molecule has 0 aliphatic heterocycles. The molecule has 2 aromatic carbocycles. The smallest absolute Gasteiger partial charge is 0.269 e. The van der Waals surface area contributed by atoms with Gasteiger partial charge >= 0.3 is 0 Å². The number of non-ortho nitro benzene ring substituents is 1. The Morgan fingerprint density at radius 1 is 1.14 bits per heavy atom. The van der Waals surface area contributed by atoms with E-state index in [-0.39, 0.29) is 5.69 Å². The van der Waals surface area contributed by atoms with Crippen LogP contribution in [0.1, 0.15) is 16.7 Å². The molecule has 0 radical (unpaired) electrons. The van der Waals surface area contributed by atoms with Crippen LogP contribution in [0.15, 0.2) is 53.5 Å². The topological polar surface area (TPSA) is 55.5 Å². The molecule has 0 bridgehead atoms. The van der Waals surface area contributed by atoms with Gasteiger partial charge in [-0.15, -0.1) is 0 Å². The van der Waals surface area contributed by atoms with Crippen LogP contribution in [-0.4, -0.2) is 17.7 Å². The lowest BCUT2D eigenvalue weighted by Gasteiger charge is -1.92. The van der Waals surface area contributed by atoms with Crippen molar-refractivity contribution in [3.05, 3.63) is 75.3 Å². The van der Waals surface area contributed by atoms with Crippen LogP contribution in [0.2, 0.25) is 0 Å². The molecule has 0 aromatic heterocycles. The van der Waals surface area contributed by atoms with Crippen molar-refractivity contribution in [2.75, 3.05) is 6.54 Å². The molecule has 0 spiro atoms. The summed E-state index contributed by atoms with van der Waals surface area (Å²) in [5.41, 5.74) is 3.06. The molecule has 0 N–H and O–H groups in total. The molecule has 0 unspecified atom stereocenters. The third-order valence-electron chi connectivity index (χ3n) is 2.80. The minimum atomic E-state index is -0.423. The molecule has 0 aliphatic rings. The number of rotatable bonds is 3. The maximum Gasteiger partial charge on any atom is 0.269 e. The fraction of sp³-hybridized carbons (Fsp3) is 0.118. The van der Waals surface area contributed by atoms with E-state index in [2.05, 4.69) is 16.8 Å². The van der Waals surface area contributed by atoms with Gasteiger partial charge in [0.2, 0.25) is 0 Å². The summed E-state index contributed by atoms with van der Waals surface area (Å²) in [6, 6.07) is 14.2. The highest BCUT2D eigenvalue weighted by molar-refractivity contribution is 5.80. The van der Waals surface area contributed by atoms with Gasteiger partial charge in [0.1, 0.15) is 6.54 Å². The Bertz CT molecular complexity index is 705. The number of hydrogen-bond donors (Lipinski definition) is 0. The van der Waals surface area contributed by atoms with Crippen molar-refractivity contribution in [2.24, 2.45) is 4.99 Å². The first-order chi connectivity index (χ1) is 10.1. The summed E-state index contributed by atoms with van der Waals surface area (Å²) < 4.78 is 0. The van der Waals surface area contributed by atoms with E-state index in [4.69, 9.17) is 0 Å². The van der Waals surface area contributed by atoms with E-state index < -0.39 is 4.92 Å². The molecule has 104 valence electrons. The molecule has 21 heavy (non-hydrogen) atoms. The summed E-state index contributed by atoms with van der Waals surface area (Å²) in [7, 11) is 0. The average Bonchev–Trinajstić information content (AvgIpc) is 2.49. The number of nitro groups is 1. The van der Waals surface area contributed by atoms with E-state index in [0.717, 1.165) is 11.1 Å². The van der Waals surface area contributed by atoms with Gasteiger partial charge in [0.25, 0.3) is 5.69 Å². The number of nitrogens with zero attached hydrogens (tertiary/aromatic N) is 2. The van der Waals surface area contributed by atoms with Gasteiger partial charge in [-0.1, -0.05) is 29.5 Å². The molecular weight excluding hydrogens is 264 g/mol. The van der Waals surface area contributed by atoms with E-state index in [1.807, 2.05) is 31.2 Å². The second-order valence-electron chi connectivity index (χ2n) is 4.49. The summed E-state index contributed by atoms with van der Waals surface area (Å²) in [6.45, 7) is 2.43. The summed E-state index contributed by atoms with van der Waals surface area (Å²) in [5, 5.41) is 10.5. The van der Waals surface area contributed by atoms with E-state index in [1.54, 1.807) is 18.3 Å². The highest BCUT2D eigenvalue weighted by Crippen LogP contribution is 2.10. The fourth-order valence-electron chi connectivity index (χ4n) is 1.66. The summed E-state index contributed by atoms with van der Waals surface area (Å²) in [4.78, 5) is 14.3. The Morgan fingerprint density at radius 3 is 2.43 bits per heavy atom. The zero-order valence-electron chi connectivity index (χ0n) is 11.6. The van der Waals surface area contributed by atoms with Gasteiger partial charge in [-0.25, -0.2) is 0 Å². The van der Waals surface area contributed by atoms with Crippen molar-refractivity contribution in [2.45, 2.75) is 6.92 Å². The van der Waals surface area contributed by atoms with E-state index in [9.17, 15) is 10.1 Å². The molecule has 0 atom stereocenters. The first kappa shape index (κ1) is 14.5. The van der Waals surface area contributed by atoms with Crippen molar-refractivity contribution < 1.29 is 4.92 Å². The predicted octanol–water partition coefficient (Wildman–Crippen LogP) is 3.37. The van der Waals surface area contributed by atoms with Crippen molar-refractivity contribution in [1.29, 1.82) is 0 Å². The number of hydrogen-bond acceptors (Lipinski definition) is 3. The first-order valence-corrected chi connectivity index (χ1v) is 6.45. The predicted molar refractivity (Wildman–Crippen MR) is 83.6 cm³/mol. The molecule has 4 heteroatoms. The number of nitro benzene ring substituents is 1. The van der Waals surface area contributed by atoms with Gasteiger partial charge in [0.05, 0.1) is 4.92 Å². The molecule has 0 heterocycles. The molecule has 0 fully saturated rings. The van der Waals surface area contributed by atoms with Gasteiger partial charge in [-0.05, 0) is 36.8 Å². The Hall–Kier alpha value is -2.93. The van der Waals surface area contributed by atoms with Crippen LogP contribution in [0.4, 0.5) is 5.69 Å². The van der Waals surface area contributed by atoms with Crippen molar-refractivity contribution in [3.8, 4) is 11.8 Å². The van der Waals surface area contributed by atoms with Gasteiger partial charge < -0.3 is 0 Å². The summed E-state index contributed by atoms with van der Waals surface area (Å²) in [5.74, 6) is 5.99. The minimum Gasteiger partial charge on any atom is -0.280 e. The maximum absolute atomic E-state index is 10.5. The minimum absolute atomic E-state index is 0.0753. The molecule has 0 amide bonds. The Kier molecular flexibility index (Phi) is 4.84. The lowest BCUT2D eigenvalue weighted by atomic mass is 10.2. The van der Waals surface area contributed by atoms with Gasteiger partial charge in [0.15, 0.2) is 0 Å². The third kappa shape index (κ3) is 4.59. The zero-order valence-corrected chi connectivity index (χ0v) is 11.6. The average molecular weight is 278 g/mol. The van der Waals surface area contributed by atoms with Crippen LogP contribution in [0.25, 0.3) is 0 Å². The second-order valence-corrected chi connectivity index (χ2v) is 4.49. The molecule has 0 aliphatic carbocycles. The SMILES string of the molecule is Cc1ccc(C#CCN=Cc2ccc([N+](=O)[O-])cc2)cc1. The quantitative estimate of drug-likeness (QED) is 0.374. The van der Waals surface area contributed by atoms with Crippen LogP contribution in [0, 0.1) is 28.9 Å². The highest BCUT2D eigenvalue weighted by atomic mass is 16.6. The van der Waals surface area contributed by atoms with Crippen molar-refractivity contribution in [1.82, 2.24) is 0 Å². The standard InChI is InChI=1S/C17H14N2O2/c1-14-4-6-15(7-5-14)3-2-12-18-13-16-8-10-17(11-9-16)19(20)21/h4-11,13H,12H2,1H3. The lowest BCUT2D eigenvalue weighted by molar-refractivity contribution is -0.384. The molecule has 2 aromatic rings. The normalized spacial score (nSPS) is 10.1. The number of benzene rings is 2. The number of aliphatic imine (C=N–C) groups is 1. The van der Waals surface area contributed by atoms with Gasteiger partial charge in [-0.3, -0.25) is 15.1 Å². The summed E-state index contributed by atoms with van der Waals surface area (Å²) >= 11 is 0. The Labute approximate surface area is 123 Å². The van der Waals surface area contributed by atoms with Crippen LogP contribution in [0.5, 0.6) is 0 Å². The second kappa shape index (κ2) is 7.01. The van der Waals surface area contributed by atoms with E-state index in [0.29, 0.717) is 6.54 Å². The van der Waals surface area contributed by atoms with Crippen LogP contribution in [-0.2, 0) is 0 Å². The number of aryl methyl sites for hydroxylation is 1. The molecular formula is C17H14N2O2. The zero-order chi connectivity index (χ0) is 15.1. The van der Waals surface area contributed by atoms with E-state index >= 15 is 0 Å². The molecule has 2 rings (SSSR count). The van der Waals surface area contributed by atoms with Gasteiger partial charge in [-0.2, -0.15) is 0 Å². The maximum atomic E-state index is 10.5. The van der Waals surface area contributed by atoms with Crippen molar-refractivity contribution >= 4 is 11.9 Å². The summed E-state index contributed by atoms with van der Waals surface area (Å²) in [6.07, 6.45) is 1.66. The van der Waals surface area contributed by atoms with Crippen LogP contribution < -0.4 is 0 Å². The largest absolute Gasteiger partial charge is 0.280 e. The molecule has 0 saturated heterocycles. The van der Waals surface area contributed by atoms with Gasteiger partial charge in [0, 0.05) is 23.9 Å². The molecule has 0 saturated carbocycles. The first-order valence-electron chi connectivity index (χ1n) is 6.45. The van der Waals surface area contributed by atoms with Crippen molar-refractivity contribution in [3.63, 3.8) is 0 Å². The Balaban J connectivity index is 1.91. The Morgan fingerprint density at radius 2 is 1.81 bits per heavy atom.